The molecule has 0 aromatic heterocycles. The zero-order chi connectivity index (χ0) is 18.9. The predicted molar refractivity (Wildman–Crippen MR) is 95.4 cm³/mol. The molecule has 0 radical (unpaired) electrons. The zero-order valence-electron chi connectivity index (χ0n) is 16.6. The largest absolute Gasteiger partial charge is 0.467 e. The molecule has 24 heavy (non-hydrogen) atoms. The maximum atomic E-state index is 12.5. The first kappa shape index (κ1) is 21.0. The first-order valence-electron chi connectivity index (χ1n) is 8.45. The van der Waals surface area contributed by atoms with E-state index in [1.54, 1.807) is 20.8 Å². The molecule has 1 fully saturated rings. The summed E-state index contributed by atoms with van der Waals surface area (Å²) < 4.78 is 16.7. The molecule has 0 saturated carbocycles. The smallest absolute Gasteiger partial charge is 0.411 e. The van der Waals surface area contributed by atoms with E-state index in [-0.39, 0.29) is 11.1 Å². The number of amides is 1. The van der Waals surface area contributed by atoms with Crippen molar-refractivity contribution >= 4 is 20.4 Å². The number of methoxy groups -OCH3 is 1. The quantitative estimate of drug-likeness (QED) is 0.569. The van der Waals surface area contributed by atoms with E-state index in [9.17, 15) is 9.59 Å². The summed E-state index contributed by atoms with van der Waals surface area (Å²) in [5, 5.41) is 0.0208. The summed E-state index contributed by atoms with van der Waals surface area (Å²) in [6.07, 6.45) is -0.254. The molecule has 0 N–H and O–H groups in total. The zero-order valence-corrected chi connectivity index (χ0v) is 17.6. The van der Waals surface area contributed by atoms with E-state index >= 15 is 0 Å². The normalized spacial score (nSPS) is 22.5. The van der Waals surface area contributed by atoms with Crippen molar-refractivity contribution in [3.05, 3.63) is 0 Å². The van der Waals surface area contributed by atoms with Crippen LogP contribution in [0.15, 0.2) is 0 Å². The van der Waals surface area contributed by atoms with Gasteiger partial charge in [-0.25, -0.2) is 9.59 Å². The molecule has 1 aliphatic heterocycles. The molecule has 2 atom stereocenters. The topological polar surface area (TPSA) is 65.1 Å². The lowest BCUT2D eigenvalue weighted by molar-refractivity contribution is -0.148. The Labute approximate surface area is 147 Å². The highest BCUT2D eigenvalue weighted by molar-refractivity contribution is 6.74. The van der Waals surface area contributed by atoms with Gasteiger partial charge in [-0.3, -0.25) is 4.90 Å². The summed E-state index contributed by atoms with van der Waals surface area (Å²) in [6, 6.07) is -0.751. The van der Waals surface area contributed by atoms with Gasteiger partial charge >= 0.3 is 12.1 Å². The van der Waals surface area contributed by atoms with Crippen molar-refractivity contribution in [2.75, 3.05) is 13.7 Å². The first-order valence-corrected chi connectivity index (χ1v) is 11.4. The summed E-state index contributed by atoms with van der Waals surface area (Å²) in [6.45, 7) is 16.5. The lowest BCUT2D eigenvalue weighted by atomic mass is 10.2. The second-order valence-corrected chi connectivity index (χ2v) is 13.6. The molecular weight excluding hydrogens is 326 g/mol. The summed E-state index contributed by atoms with van der Waals surface area (Å²) in [4.78, 5) is 26.2. The fourth-order valence-electron chi connectivity index (χ4n) is 2.37. The van der Waals surface area contributed by atoms with Gasteiger partial charge in [-0.2, -0.15) is 0 Å². The number of carbonyl (C=O) groups excluding carboxylic acids is 2. The molecule has 6 nitrogen and oxygen atoms in total. The Bertz CT molecular complexity index is 478. The second kappa shape index (κ2) is 7.04. The first-order chi connectivity index (χ1) is 10.7. The van der Waals surface area contributed by atoms with Gasteiger partial charge < -0.3 is 13.9 Å². The molecule has 0 unspecified atom stereocenters. The van der Waals surface area contributed by atoms with Crippen LogP contribution in [-0.4, -0.2) is 56.7 Å². The highest BCUT2D eigenvalue weighted by Gasteiger charge is 2.49. The molecule has 1 aliphatic rings. The van der Waals surface area contributed by atoms with E-state index in [2.05, 4.69) is 33.9 Å². The summed E-state index contributed by atoms with van der Waals surface area (Å²) in [5.41, 5.74) is -0.615. The Morgan fingerprint density at radius 3 is 2.04 bits per heavy atom. The Morgan fingerprint density at radius 2 is 1.62 bits per heavy atom. The van der Waals surface area contributed by atoms with Crippen LogP contribution in [0, 0.1) is 0 Å². The van der Waals surface area contributed by atoms with Crippen molar-refractivity contribution in [3.8, 4) is 0 Å². The molecule has 0 bridgehead atoms. The van der Waals surface area contributed by atoms with Crippen LogP contribution in [0.2, 0.25) is 18.1 Å². The van der Waals surface area contributed by atoms with Gasteiger partial charge in [0.05, 0.1) is 13.2 Å². The Kier molecular flexibility index (Phi) is 6.14. The standard InChI is InChI=1S/C17H33NO5Si/c1-16(2,3)22-15(20)18-11-10-12(13(18)14(19)21-7)23-24(8,9)17(4,5)6/h12-13H,10-11H2,1-9H3/t12-,13+/m1/s1. The van der Waals surface area contributed by atoms with Crippen molar-refractivity contribution in [2.24, 2.45) is 0 Å². The van der Waals surface area contributed by atoms with Crippen molar-refractivity contribution in [3.63, 3.8) is 0 Å². The maximum Gasteiger partial charge on any atom is 0.411 e. The highest BCUT2D eigenvalue weighted by Crippen LogP contribution is 2.39. The Hall–Kier alpha value is -1.08. The molecule has 0 aliphatic carbocycles. The van der Waals surface area contributed by atoms with Crippen LogP contribution in [0.5, 0.6) is 0 Å². The van der Waals surface area contributed by atoms with E-state index in [1.165, 1.54) is 12.0 Å². The Morgan fingerprint density at radius 1 is 1.08 bits per heavy atom. The Balaban J connectivity index is 3.00. The van der Waals surface area contributed by atoms with E-state index < -0.39 is 32.0 Å². The number of hydrogen-bond donors (Lipinski definition) is 0. The van der Waals surface area contributed by atoms with Crippen molar-refractivity contribution in [1.82, 2.24) is 4.90 Å². The monoisotopic (exact) mass is 359 g/mol. The van der Waals surface area contributed by atoms with Gasteiger partial charge in [0.2, 0.25) is 0 Å². The average molecular weight is 360 g/mol. The second-order valence-electron chi connectivity index (χ2n) is 8.85. The third-order valence-electron chi connectivity index (χ3n) is 4.67. The van der Waals surface area contributed by atoms with E-state index in [1.807, 2.05) is 0 Å². The lowest BCUT2D eigenvalue weighted by Gasteiger charge is -2.39. The van der Waals surface area contributed by atoms with Gasteiger partial charge in [0.25, 0.3) is 0 Å². The maximum absolute atomic E-state index is 12.5. The third-order valence-corrected chi connectivity index (χ3v) is 9.17. The molecule has 7 heteroatoms. The van der Waals surface area contributed by atoms with Crippen LogP contribution in [0.3, 0.4) is 0 Å². The van der Waals surface area contributed by atoms with Gasteiger partial charge in [-0.05, 0) is 45.3 Å². The fourth-order valence-corrected chi connectivity index (χ4v) is 3.72. The number of ether oxygens (including phenoxy) is 2. The number of esters is 1. The SMILES string of the molecule is COC(=O)[C@@H]1[C@H](O[Si](C)(C)C(C)(C)C)CCN1C(=O)OC(C)(C)C. The van der Waals surface area contributed by atoms with Crippen molar-refractivity contribution in [2.45, 2.75) is 83.8 Å². The molecular formula is C17H33NO5Si. The summed E-state index contributed by atoms with van der Waals surface area (Å²) in [5.74, 6) is -0.456. The number of carbonyl (C=O) groups is 2. The van der Waals surface area contributed by atoms with Gasteiger partial charge in [0.15, 0.2) is 14.4 Å². The van der Waals surface area contributed by atoms with Gasteiger partial charge in [0, 0.05) is 6.54 Å². The van der Waals surface area contributed by atoms with Crippen LogP contribution < -0.4 is 0 Å². The van der Waals surface area contributed by atoms with E-state index in [0.29, 0.717) is 13.0 Å². The molecule has 1 rings (SSSR count). The van der Waals surface area contributed by atoms with Crippen LogP contribution in [0.4, 0.5) is 4.79 Å². The molecule has 0 spiro atoms. The predicted octanol–water partition coefficient (Wildman–Crippen LogP) is 3.56. The number of rotatable bonds is 3. The molecule has 1 amide bonds. The number of likely N-dealkylation sites (tertiary alicyclic amines) is 1. The summed E-state index contributed by atoms with van der Waals surface area (Å²) >= 11 is 0. The highest BCUT2D eigenvalue weighted by atomic mass is 28.4. The molecule has 0 aromatic rings. The van der Waals surface area contributed by atoms with E-state index in [4.69, 9.17) is 13.9 Å². The van der Waals surface area contributed by atoms with Gasteiger partial charge in [0.1, 0.15) is 5.60 Å². The average Bonchev–Trinajstić information content (AvgIpc) is 2.77. The van der Waals surface area contributed by atoms with Crippen LogP contribution in [0.25, 0.3) is 0 Å². The van der Waals surface area contributed by atoms with E-state index in [0.717, 1.165) is 0 Å². The summed E-state index contributed by atoms with van der Waals surface area (Å²) in [7, 11) is -0.737. The molecule has 0 aromatic carbocycles. The minimum absolute atomic E-state index is 0.0208. The minimum Gasteiger partial charge on any atom is -0.467 e. The van der Waals surface area contributed by atoms with Crippen LogP contribution in [0.1, 0.15) is 48.0 Å². The molecule has 1 heterocycles. The van der Waals surface area contributed by atoms with Gasteiger partial charge in [-0.15, -0.1) is 0 Å². The third kappa shape index (κ3) is 4.96. The van der Waals surface area contributed by atoms with Crippen LogP contribution >= 0.6 is 0 Å². The van der Waals surface area contributed by atoms with Crippen molar-refractivity contribution < 1.29 is 23.5 Å². The molecule has 140 valence electrons. The van der Waals surface area contributed by atoms with Crippen LogP contribution in [-0.2, 0) is 18.7 Å². The fraction of sp³-hybridized carbons (Fsp3) is 0.882. The van der Waals surface area contributed by atoms with Gasteiger partial charge in [-0.1, -0.05) is 20.8 Å². The molecule has 1 saturated heterocycles. The van der Waals surface area contributed by atoms with Crippen molar-refractivity contribution in [1.29, 1.82) is 0 Å². The minimum atomic E-state index is -2.07. The number of nitrogens with zero attached hydrogens (tertiary/aromatic N) is 1. The lowest BCUT2D eigenvalue weighted by Crippen LogP contribution is -2.52. The number of hydrogen-bond acceptors (Lipinski definition) is 5.